The van der Waals surface area contributed by atoms with Gasteiger partial charge in [0.25, 0.3) is 0 Å². The number of benzene rings is 2. The zero-order valence-electron chi connectivity index (χ0n) is 21.3. The lowest BCUT2D eigenvalue weighted by Crippen LogP contribution is -2.19. The Morgan fingerprint density at radius 2 is 1.59 bits per heavy atom. The molecule has 0 saturated carbocycles. The standard InChI is InChI=1S/C30H38O4/c1-8-30(6,7)24-15-20-11-14-27(34-28(20)17-25(24)31)23-16-26(32)29(33)22(13-10-19(4)5)21(23)12-9-18(2)3/h8-10,15-17,27,31-33H,1,11-14H2,2-7H3. The summed E-state index contributed by atoms with van der Waals surface area (Å²) >= 11 is 0. The highest BCUT2D eigenvalue weighted by Crippen LogP contribution is 2.45. The van der Waals surface area contributed by atoms with Crippen LogP contribution in [-0.2, 0) is 24.7 Å². The van der Waals surface area contributed by atoms with Crippen molar-refractivity contribution in [1.29, 1.82) is 0 Å². The molecule has 3 rings (SSSR count). The highest BCUT2D eigenvalue weighted by atomic mass is 16.5. The van der Waals surface area contributed by atoms with Crippen LogP contribution in [0.2, 0.25) is 0 Å². The van der Waals surface area contributed by atoms with E-state index in [1.165, 1.54) is 5.57 Å². The summed E-state index contributed by atoms with van der Waals surface area (Å²) in [7, 11) is 0. The Labute approximate surface area is 203 Å². The lowest BCUT2D eigenvalue weighted by molar-refractivity contribution is 0.174. The van der Waals surface area contributed by atoms with Crippen LogP contribution in [0.4, 0.5) is 0 Å². The highest BCUT2D eigenvalue weighted by molar-refractivity contribution is 5.56. The molecular weight excluding hydrogens is 424 g/mol. The molecule has 1 aliphatic rings. The molecule has 34 heavy (non-hydrogen) atoms. The number of aromatic hydroxyl groups is 3. The van der Waals surface area contributed by atoms with Crippen LogP contribution in [0.5, 0.6) is 23.0 Å². The van der Waals surface area contributed by atoms with Crippen LogP contribution in [0.15, 0.2) is 54.2 Å². The molecule has 0 aromatic heterocycles. The molecule has 2 aromatic carbocycles. The molecule has 0 amide bonds. The zero-order valence-corrected chi connectivity index (χ0v) is 21.3. The summed E-state index contributed by atoms with van der Waals surface area (Å²) in [6.45, 7) is 16.1. The number of rotatable bonds is 7. The summed E-state index contributed by atoms with van der Waals surface area (Å²) in [5, 5.41) is 32.0. The molecule has 4 nitrogen and oxygen atoms in total. The van der Waals surface area contributed by atoms with Crippen LogP contribution in [-0.4, -0.2) is 15.3 Å². The molecule has 0 saturated heterocycles. The average Bonchev–Trinajstić information content (AvgIpc) is 2.77. The number of hydrogen-bond donors (Lipinski definition) is 3. The lowest BCUT2D eigenvalue weighted by Gasteiger charge is -2.31. The Balaban J connectivity index is 2.08. The zero-order chi connectivity index (χ0) is 25.2. The van der Waals surface area contributed by atoms with E-state index in [1.807, 2.05) is 53.7 Å². The largest absolute Gasteiger partial charge is 0.507 e. The van der Waals surface area contributed by atoms with E-state index in [2.05, 4.69) is 18.7 Å². The second-order valence-electron chi connectivity index (χ2n) is 10.3. The van der Waals surface area contributed by atoms with E-state index in [0.29, 0.717) is 18.6 Å². The van der Waals surface area contributed by atoms with Gasteiger partial charge in [-0.3, -0.25) is 0 Å². The predicted molar refractivity (Wildman–Crippen MR) is 139 cm³/mol. The molecule has 2 aromatic rings. The van der Waals surface area contributed by atoms with Crippen LogP contribution in [0, 0.1) is 0 Å². The first-order valence-electron chi connectivity index (χ1n) is 11.9. The van der Waals surface area contributed by atoms with Gasteiger partial charge < -0.3 is 20.1 Å². The van der Waals surface area contributed by atoms with Gasteiger partial charge in [0.05, 0.1) is 0 Å². The van der Waals surface area contributed by atoms with Crippen molar-refractivity contribution >= 4 is 0 Å². The molecule has 0 bridgehead atoms. The van der Waals surface area contributed by atoms with Crippen LogP contribution in [0.3, 0.4) is 0 Å². The van der Waals surface area contributed by atoms with Crippen molar-refractivity contribution in [3.63, 3.8) is 0 Å². The fraction of sp³-hybridized carbons (Fsp3) is 0.400. The SMILES string of the molecule is C=CC(C)(C)c1cc2c(cc1O)OC(c1cc(O)c(O)c(CC=C(C)C)c1CC=C(C)C)CC2. The van der Waals surface area contributed by atoms with E-state index in [0.717, 1.165) is 46.2 Å². The molecule has 1 aliphatic heterocycles. The number of aryl methyl sites for hydroxylation is 1. The van der Waals surface area contributed by atoms with Gasteiger partial charge in [-0.05, 0) is 76.6 Å². The molecule has 0 radical (unpaired) electrons. The minimum atomic E-state index is -0.351. The van der Waals surface area contributed by atoms with Crippen molar-refractivity contribution in [2.24, 2.45) is 0 Å². The Bertz CT molecular complexity index is 1140. The molecule has 1 unspecified atom stereocenters. The Kier molecular flexibility index (Phi) is 7.50. The molecule has 1 atom stereocenters. The minimum absolute atomic E-state index is 0.0661. The van der Waals surface area contributed by atoms with Gasteiger partial charge in [-0.2, -0.15) is 0 Å². The lowest BCUT2D eigenvalue weighted by atomic mass is 9.82. The topological polar surface area (TPSA) is 69.9 Å². The van der Waals surface area contributed by atoms with Crippen LogP contribution < -0.4 is 4.74 Å². The summed E-state index contributed by atoms with van der Waals surface area (Å²) in [5.41, 5.74) is 6.46. The fourth-order valence-corrected chi connectivity index (χ4v) is 4.40. The van der Waals surface area contributed by atoms with Gasteiger partial charge in [-0.1, -0.05) is 43.2 Å². The van der Waals surface area contributed by atoms with E-state index in [-0.39, 0.29) is 28.8 Å². The summed E-state index contributed by atoms with van der Waals surface area (Å²) in [4.78, 5) is 0. The van der Waals surface area contributed by atoms with Crippen LogP contribution in [0.1, 0.15) is 81.9 Å². The van der Waals surface area contributed by atoms with Crippen molar-refractivity contribution in [2.45, 2.75) is 78.7 Å². The molecular formula is C30H38O4. The van der Waals surface area contributed by atoms with Crippen molar-refractivity contribution in [3.05, 3.63) is 82.0 Å². The van der Waals surface area contributed by atoms with Gasteiger partial charge in [-0.25, -0.2) is 0 Å². The summed E-state index contributed by atoms with van der Waals surface area (Å²) < 4.78 is 6.41. The molecule has 4 heteroatoms. The summed E-state index contributed by atoms with van der Waals surface area (Å²) in [6.07, 6.45) is 8.43. The van der Waals surface area contributed by atoms with Crippen molar-refractivity contribution < 1.29 is 20.1 Å². The molecule has 0 aliphatic carbocycles. The monoisotopic (exact) mass is 462 g/mol. The first kappa shape index (κ1) is 25.5. The predicted octanol–water partition coefficient (Wildman–Crippen LogP) is 7.35. The summed E-state index contributed by atoms with van der Waals surface area (Å²) in [6, 6.07) is 5.35. The number of hydrogen-bond acceptors (Lipinski definition) is 4. The third-order valence-corrected chi connectivity index (χ3v) is 6.64. The van der Waals surface area contributed by atoms with Crippen molar-refractivity contribution in [3.8, 4) is 23.0 Å². The number of allylic oxidation sites excluding steroid dienone is 5. The first-order chi connectivity index (χ1) is 15.9. The molecule has 1 heterocycles. The van der Waals surface area contributed by atoms with Crippen LogP contribution in [0.25, 0.3) is 0 Å². The number of phenols is 3. The smallest absolute Gasteiger partial charge is 0.161 e. The third kappa shape index (κ3) is 5.32. The fourth-order valence-electron chi connectivity index (χ4n) is 4.40. The maximum Gasteiger partial charge on any atom is 0.161 e. The van der Waals surface area contributed by atoms with E-state index in [4.69, 9.17) is 4.74 Å². The van der Waals surface area contributed by atoms with Gasteiger partial charge >= 0.3 is 0 Å². The molecule has 182 valence electrons. The van der Waals surface area contributed by atoms with Gasteiger partial charge in [0.15, 0.2) is 11.5 Å². The number of phenolic OH excluding ortho intramolecular Hbond substituents is 3. The van der Waals surface area contributed by atoms with Gasteiger partial charge in [0.1, 0.15) is 17.6 Å². The molecule has 0 fully saturated rings. The Hall–Kier alpha value is -3.14. The van der Waals surface area contributed by atoms with E-state index < -0.39 is 0 Å². The van der Waals surface area contributed by atoms with Crippen molar-refractivity contribution in [1.82, 2.24) is 0 Å². The highest BCUT2D eigenvalue weighted by Gasteiger charge is 2.29. The van der Waals surface area contributed by atoms with Crippen LogP contribution >= 0.6 is 0 Å². The quantitative estimate of drug-likeness (QED) is 0.297. The van der Waals surface area contributed by atoms with E-state index in [9.17, 15) is 15.3 Å². The van der Waals surface area contributed by atoms with Crippen molar-refractivity contribution in [2.75, 3.05) is 0 Å². The maximum absolute atomic E-state index is 10.7. The normalized spacial score (nSPS) is 15.2. The number of ether oxygens (including phenoxy) is 1. The van der Waals surface area contributed by atoms with E-state index >= 15 is 0 Å². The van der Waals surface area contributed by atoms with Gasteiger partial charge in [0.2, 0.25) is 0 Å². The average molecular weight is 463 g/mol. The Morgan fingerprint density at radius 3 is 2.18 bits per heavy atom. The molecule has 0 spiro atoms. The maximum atomic E-state index is 10.7. The summed E-state index contributed by atoms with van der Waals surface area (Å²) in [5.74, 6) is 0.646. The van der Waals surface area contributed by atoms with Gasteiger partial charge in [-0.15, -0.1) is 6.58 Å². The third-order valence-electron chi connectivity index (χ3n) is 6.64. The molecule has 3 N–H and O–H groups in total. The number of fused-ring (bicyclic) bond motifs is 1. The minimum Gasteiger partial charge on any atom is -0.507 e. The second kappa shape index (κ2) is 10.0. The second-order valence-corrected chi connectivity index (χ2v) is 10.3. The Morgan fingerprint density at radius 1 is 0.971 bits per heavy atom. The van der Waals surface area contributed by atoms with E-state index in [1.54, 1.807) is 12.1 Å². The van der Waals surface area contributed by atoms with Gasteiger partial charge in [0, 0.05) is 28.2 Å². The first-order valence-corrected chi connectivity index (χ1v) is 11.9.